The molecule has 2 atom stereocenters. The Morgan fingerprint density at radius 1 is 1.33 bits per heavy atom. The average molecular weight is 298 g/mol. The third-order valence-electron chi connectivity index (χ3n) is 3.31. The van der Waals surface area contributed by atoms with Gasteiger partial charge >= 0.3 is 6.09 Å². The van der Waals surface area contributed by atoms with Crippen LogP contribution >= 0.6 is 0 Å². The topological polar surface area (TPSA) is 75.7 Å². The Kier molecular flexibility index (Phi) is 5.36. The van der Waals surface area contributed by atoms with Gasteiger partial charge in [-0.05, 0) is 40.0 Å². The Morgan fingerprint density at radius 3 is 2.33 bits per heavy atom. The summed E-state index contributed by atoms with van der Waals surface area (Å²) in [5.41, 5.74) is -0.606. The van der Waals surface area contributed by atoms with E-state index in [1.807, 2.05) is 13.8 Å². The minimum absolute atomic E-state index is 0.0312. The maximum atomic E-state index is 12.4. The highest BCUT2D eigenvalue weighted by Crippen LogP contribution is 2.20. The number of likely N-dealkylation sites (tertiary alicyclic amines) is 1. The van der Waals surface area contributed by atoms with E-state index in [0.717, 1.165) is 0 Å². The lowest BCUT2D eigenvalue weighted by atomic mass is 9.99. The summed E-state index contributed by atoms with van der Waals surface area (Å²) in [5, 5.41) is 2.58. The first-order valence-electron chi connectivity index (χ1n) is 7.33. The highest BCUT2D eigenvalue weighted by atomic mass is 16.6. The van der Waals surface area contributed by atoms with E-state index in [9.17, 15) is 14.4 Å². The second-order valence-electron chi connectivity index (χ2n) is 6.82. The average Bonchev–Trinajstić information content (AvgIpc) is 2.58. The maximum absolute atomic E-state index is 12.4. The molecule has 0 aromatic heterocycles. The smallest absolute Gasteiger partial charge is 0.408 e. The molecule has 1 heterocycles. The lowest BCUT2D eigenvalue weighted by Crippen LogP contribution is -2.49. The van der Waals surface area contributed by atoms with Crippen LogP contribution in [0.15, 0.2) is 0 Å². The van der Waals surface area contributed by atoms with Crippen LogP contribution in [0.25, 0.3) is 0 Å². The van der Waals surface area contributed by atoms with Gasteiger partial charge < -0.3 is 15.0 Å². The molecule has 1 fully saturated rings. The van der Waals surface area contributed by atoms with Gasteiger partial charge in [0.05, 0.1) is 6.04 Å². The quantitative estimate of drug-likeness (QED) is 0.857. The minimum atomic E-state index is -0.611. The molecule has 0 unspecified atom stereocenters. The number of carbonyl (C=O) groups is 3. The monoisotopic (exact) mass is 298 g/mol. The van der Waals surface area contributed by atoms with Crippen molar-refractivity contribution in [3.8, 4) is 0 Å². The van der Waals surface area contributed by atoms with Crippen LogP contribution in [0.5, 0.6) is 0 Å². The molecule has 1 aliphatic heterocycles. The van der Waals surface area contributed by atoms with Crippen LogP contribution in [0.4, 0.5) is 4.79 Å². The molecular weight excluding hydrogens is 272 g/mol. The normalized spacial score (nSPS) is 20.6. The van der Waals surface area contributed by atoms with Crippen molar-refractivity contribution in [2.75, 3.05) is 6.54 Å². The van der Waals surface area contributed by atoms with Crippen molar-refractivity contribution in [2.45, 2.75) is 65.6 Å². The molecule has 0 aromatic rings. The molecule has 2 amide bonds. The van der Waals surface area contributed by atoms with Crippen molar-refractivity contribution < 1.29 is 19.1 Å². The summed E-state index contributed by atoms with van der Waals surface area (Å²) in [6.07, 6.45) is -0.110. The predicted molar refractivity (Wildman–Crippen MR) is 78.8 cm³/mol. The van der Waals surface area contributed by atoms with Crippen molar-refractivity contribution >= 4 is 17.8 Å². The number of ketones is 1. The number of carbonyl (C=O) groups excluding carboxylic acids is 3. The molecule has 0 bridgehead atoms. The number of nitrogens with zero attached hydrogens (tertiary/aromatic N) is 1. The summed E-state index contributed by atoms with van der Waals surface area (Å²) in [5.74, 6) is -0.197. The van der Waals surface area contributed by atoms with Crippen LogP contribution in [0.1, 0.15) is 48.0 Å². The Balaban J connectivity index is 2.69. The second kappa shape index (κ2) is 6.45. The van der Waals surface area contributed by atoms with Gasteiger partial charge in [-0.3, -0.25) is 9.59 Å². The number of hydrogen-bond donors (Lipinski definition) is 1. The third kappa shape index (κ3) is 4.72. The summed E-state index contributed by atoms with van der Waals surface area (Å²) in [4.78, 5) is 37.4. The molecule has 6 heteroatoms. The van der Waals surface area contributed by atoms with Gasteiger partial charge in [0.1, 0.15) is 11.6 Å². The second-order valence-corrected chi connectivity index (χ2v) is 6.82. The molecule has 0 aromatic carbocycles. The van der Waals surface area contributed by atoms with E-state index in [1.165, 1.54) is 6.92 Å². The van der Waals surface area contributed by atoms with Crippen LogP contribution in [-0.2, 0) is 14.3 Å². The number of alkyl carbamates (subject to hydrolysis) is 1. The number of ether oxygens (including phenoxy) is 1. The van der Waals surface area contributed by atoms with Gasteiger partial charge in [-0.1, -0.05) is 13.8 Å². The molecule has 1 saturated heterocycles. The van der Waals surface area contributed by atoms with Crippen LogP contribution in [0, 0.1) is 5.92 Å². The van der Waals surface area contributed by atoms with Gasteiger partial charge in [0.2, 0.25) is 5.91 Å². The van der Waals surface area contributed by atoms with Crippen molar-refractivity contribution in [1.82, 2.24) is 10.2 Å². The molecule has 6 nitrogen and oxygen atoms in total. The molecule has 0 aliphatic carbocycles. The number of rotatable bonds is 4. The number of nitrogens with one attached hydrogen (secondary N) is 1. The van der Waals surface area contributed by atoms with Gasteiger partial charge in [0.15, 0.2) is 5.78 Å². The number of amides is 2. The lowest BCUT2D eigenvalue weighted by Gasteiger charge is -2.29. The fraction of sp³-hybridized carbons (Fsp3) is 0.800. The molecule has 1 N–H and O–H groups in total. The van der Waals surface area contributed by atoms with Gasteiger partial charge in [0.25, 0.3) is 0 Å². The Bertz CT molecular complexity index is 426. The van der Waals surface area contributed by atoms with E-state index in [4.69, 9.17) is 4.74 Å². The molecule has 21 heavy (non-hydrogen) atoms. The highest BCUT2D eigenvalue weighted by Gasteiger charge is 2.40. The standard InChI is InChI=1S/C15H26N2O4/c1-9(2)12(10(3)18)17-8-7-11(13(17)19)16-14(20)21-15(4,5)6/h9,11-12H,7-8H2,1-6H3,(H,16,20)/t11-,12+/m1/s1. The van der Waals surface area contributed by atoms with E-state index in [-0.39, 0.29) is 17.6 Å². The zero-order valence-electron chi connectivity index (χ0n) is 13.7. The first-order valence-corrected chi connectivity index (χ1v) is 7.33. The van der Waals surface area contributed by atoms with Crippen molar-refractivity contribution in [2.24, 2.45) is 5.92 Å². The van der Waals surface area contributed by atoms with Gasteiger partial charge in [0, 0.05) is 6.54 Å². The summed E-state index contributed by atoms with van der Waals surface area (Å²) in [6.45, 7) is 11.1. The largest absolute Gasteiger partial charge is 0.444 e. The molecule has 1 aliphatic rings. The fourth-order valence-electron chi connectivity index (χ4n) is 2.61. The van der Waals surface area contributed by atoms with Crippen molar-refractivity contribution in [3.63, 3.8) is 0 Å². The predicted octanol–water partition coefficient (Wildman–Crippen LogP) is 1.73. The van der Waals surface area contributed by atoms with Crippen molar-refractivity contribution in [1.29, 1.82) is 0 Å². The van der Waals surface area contributed by atoms with Gasteiger partial charge in [-0.15, -0.1) is 0 Å². The lowest BCUT2D eigenvalue weighted by molar-refractivity contribution is -0.138. The van der Waals surface area contributed by atoms with Crippen LogP contribution in [0.3, 0.4) is 0 Å². The first kappa shape index (κ1) is 17.5. The molecule has 120 valence electrons. The first-order chi connectivity index (χ1) is 9.53. The highest BCUT2D eigenvalue weighted by molar-refractivity contribution is 5.92. The van der Waals surface area contributed by atoms with Crippen LogP contribution in [-0.4, -0.2) is 46.9 Å². The van der Waals surface area contributed by atoms with Crippen LogP contribution in [0.2, 0.25) is 0 Å². The number of Topliss-reactive ketones (excluding diaryl/α,β-unsaturated/α-hetero) is 1. The third-order valence-corrected chi connectivity index (χ3v) is 3.31. The number of hydrogen-bond acceptors (Lipinski definition) is 4. The van der Waals surface area contributed by atoms with E-state index < -0.39 is 23.8 Å². The maximum Gasteiger partial charge on any atom is 0.408 e. The summed E-state index contributed by atoms with van der Waals surface area (Å²) in [6, 6.07) is -1.04. The molecule has 1 rings (SSSR count). The summed E-state index contributed by atoms with van der Waals surface area (Å²) < 4.78 is 5.15. The van der Waals surface area contributed by atoms with Gasteiger partial charge in [-0.25, -0.2) is 4.79 Å². The van der Waals surface area contributed by atoms with E-state index in [1.54, 1.807) is 25.7 Å². The Labute approximate surface area is 126 Å². The zero-order chi connectivity index (χ0) is 16.4. The molecule has 0 saturated carbocycles. The Morgan fingerprint density at radius 2 is 1.90 bits per heavy atom. The summed E-state index contributed by atoms with van der Waals surface area (Å²) >= 11 is 0. The van der Waals surface area contributed by atoms with Gasteiger partial charge in [-0.2, -0.15) is 0 Å². The Hall–Kier alpha value is -1.59. The fourth-order valence-corrected chi connectivity index (χ4v) is 2.61. The van der Waals surface area contributed by atoms with Crippen LogP contribution < -0.4 is 5.32 Å². The minimum Gasteiger partial charge on any atom is -0.444 e. The molecule has 0 radical (unpaired) electrons. The molecule has 0 spiro atoms. The van der Waals surface area contributed by atoms with Crippen molar-refractivity contribution in [3.05, 3.63) is 0 Å². The SMILES string of the molecule is CC(=O)[C@H](C(C)C)N1CC[C@@H](NC(=O)OC(C)(C)C)C1=O. The van der Waals surface area contributed by atoms with E-state index in [0.29, 0.717) is 13.0 Å². The van der Waals surface area contributed by atoms with E-state index in [2.05, 4.69) is 5.32 Å². The van der Waals surface area contributed by atoms with E-state index >= 15 is 0 Å². The summed E-state index contributed by atoms with van der Waals surface area (Å²) in [7, 11) is 0. The zero-order valence-corrected chi connectivity index (χ0v) is 13.7. The molecular formula is C15H26N2O4.